The lowest BCUT2D eigenvalue weighted by molar-refractivity contribution is -0.127. The first-order chi connectivity index (χ1) is 14.4. The quantitative estimate of drug-likeness (QED) is 0.673. The fourth-order valence-corrected chi connectivity index (χ4v) is 8.86. The van der Waals surface area contributed by atoms with Crippen LogP contribution < -0.4 is 10.4 Å². The van der Waals surface area contributed by atoms with Gasteiger partial charge in [0.1, 0.15) is 5.60 Å². The minimum atomic E-state index is -2.79. The maximum absolute atomic E-state index is 12.7. The van der Waals surface area contributed by atoms with E-state index in [9.17, 15) is 9.59 Å². The highest BCUT2D eigenvalue weighted by atomic mass is 28.4. The Morgan fingerprint density at radius 2 is 1.39 bits per heavy atom. The maximum Gasteiger partial charge on any atom is 0.417 e. The van der Waals surface area contributed by atoms with Crippen molar-refractivity contribution < 1.29 is 18.8 Å². The SMILES string of the molecule is CC(C)(C)OC(=O)N1CC(O[Si-](c2ccccc2)(c2ccccc2)C(C)(C)C)CC1=O. The van der Waals surface area contributed by atoms with Crippen LogP contribution in [0.3, 0.4) is 0 Å². The highest BCUT2D eigenvalue weighted by molar-refractivity contribution is 6.99. The molecular weight excluding hydrogens is 406 g/mol. The molecule has 0 radical (unpaired) electrons. The van der Waals surface area contributed by atoms with Crippen molar-refractivity contribution in [3.05, 3.63) is 60.7 Å². The molecule has 6 heteroatoms. The van der Waals surface area contributed by atoms with Crippen molar-refractivity contribution in [3.63, 3.8) is 0 Å². The van der Waals surface area contributed by atoms with E-state index in [-0.39, 0.29) is 30.0 Å². The summed E-state index contributed by atoms with van der Waals surface area (Å²) < 4.78 is 12.4. The molecule has 1 atom stereocenters. The maximum atomic E-state index is 12.7. The molecule has 1 aliphatic rings. The van der Waals surface area contributed by atoms with Crippen LogP contribution in [0.4, 0.5) is 4.79 Å². The zero-order chi connectivity index (χ0) is 22.9. The Hall–Kier alpha value is -2.44. The number of likely N-dealkylation sites (tertiary alicyclic amines) is 1. The van der Waals surface area contributed by atoms with Crippen molar-refractivity contribution in [2.75, 3.05) is 6.54 Å². The summed E-state index contributed by atoms with van der Waals surface area (Å²) in [7, 11) is -2.79. The molecule has 0 aromatic heterocycles. The largest absolute Gasteiger partial charge is 0.554 e. The van der Waals surface area contributed by atoms with E-state index in [1.54, 1.807) is 20.8 Å². The number of amides is 2. The molecule has 1 saturated heterocycles. The molecule has 167 valence electrons. The second-order valence-corrected chi connectivity index (χ2v) is 14.3. The Labute approximate surface area is 186 Å². The Kier molecular flexibility index (Phi) is 6.44. The third kappa shape index (κ3) is 4.91. The Bertz CT molecular complexity index is 877. The van der Waals surface area contributed by atoms with Gasteiger partial charge in [-0.2, -0.15) is 10.4 Å². The molecule has 0 saturated carbocycles. The number of ether oxygens (including phenoxy) is 1. The molecule has 2 aromatic carbocycles. The van der Waals surface area contributed by atoms with E-state index >= 15 is 0 Å². The lowest BCUT2D eigenvalue weighted by Crippen LogP contribution is -2.67. The van der Waals surface area contributed by atoms with Crippen molar-refractivity contribution in [1.82, 2.24) is 4.90 Å². The van der Waals surface area contributed by atoms with Gasteiger partial charge in [-0.05, 0) is 20.8 Å². The van der Waals surface area contributed by atoms with Crippen molar-refractivity contribution in [1.29, 1.82) is 0 Å². The van der Waals surface area contributed by atoms with E-state index in [2.05, 4.69) is 45.0 Å². The minimum absolute atomic E-state index is 0.170. The average Bonchev–Trinajstić information content (AvgIpc) is 3.05. The summed E-state index contributed by atoms with van der Waals surface area (Å²) in [5, 5.41) is 2.10. The Morgan fingerprint density at radius 3 is 1.81 bits per heavy atom. The molecule has 0 aliphatic carbocycles. The second kappa shape index (κ2) is 8.59. The van der Waals surface area contributed by atoms with Gasteiger partial charge in [0.15, 0.2) is 0 Å². The average molecular weight is 440 g/mol. The minimum Gasteiger partial charge on any atom is -0.554 e. The van der Waals surface area contributed by atoms with Gasteiger partial charge in [-0.1, -0.05) is 81.4 Å². The van der Waals surface area contributed by atoms with E-state index in [0.29, 0.717) is 0 Å². The van der Waals surface area contributed by atoms with Crippen molar-refractivity contribution in [2.45, 2.75) is 64.7 Å². The van der Waals surface area contributed by atoms with E-state index in [1.807, 2.05) is 36.4 Å². The fourth-order valence-electron chi connectivity index (χ4n) is 4.19. The number of hydrogen-bond donors (Lipinski definition) is 0. The summed E-state index contributed by atoms with van der Waals surface area (Å²) in [5.41, 5.74) is -0.658. The lowest BCUT2D eigenvalue weighted by atomic mass is 10.2. The summed E-state index contributed by atoms with van der Waals surface area (Å²) in [5.74, 6) is -0.253. The molecule has 0 spiro atoms. The van der Waals surface area contributed by atoms with Crippen LogP contribution >= 0.6 is 0 Å². The van der Waals surface area contributed by atoms with E-state index in [1.165, 1.54) is 4.90 Å². The van der Waals surface area contributed by atoms with Gasteiger partial charge >= 0.3 is 6.09 Å². The van der Waals surface area contributed by atoms with Crippen LogP contribution in [0.1, 0.15) is 48.0 Å². The smallest absolute Gasteiger partial charge is 0.417 e. The molecule has 1 heterocycles. The molecule has 0 bridgehead atoms. The summed E-state index contributed by atoms with van der Waals surface area (Å²) in [4.78, 5) is 26.4. The molecule has 5 nitrogen and oxygen atoms in total. The topological polar surface area (TPSA) is 55.8 Å². The molecule has 1 aliphatic heterocycles. The fraction of sp³-hybridized carbons (Fsp3) is 0.440. The second-order valence-electron chi connectivity index (χ2n) is 10.1. The molecule has 3 rings (SSSR count). The number of nitrogens with zero attached hydrogens (tertiary/aromatic N) is 1. The van der Waals surface area contributed by atoms with Crippen LogP contribution in [-0.2, 0) is 14.0 Å². The molecular formula is C25H33NO4Si-. The first-order valence-electron chi connectivity index (χ1n) is 10.8. The van der Waals surface area contributed by atoms with E-state index < -0.39 is 20.0 Å². The van der Waals surface area contributed by atoms with Gasteiger partial charge in [0.05, 0.1) is 21.3 Å². The number of carbonyl (C=O) groups excluding carboxylic acids is 2. The number of rotatable bonds is 4. The van der Waals surface area contributed by atoms with E-state index in [4.69, 9.17) is 9.16 Å². The standard InChI is InChI=1S/C25H33NO4Si/c1-24(2,3)29-23(28)26-18-19(17-22(26)27)30-31(25(4,5)6,20-13-9-7-10-14-20)21-15-11-8-12-16-21/h7-16,19H,17-18H2,1-6H3/q-1. The molecule has 0 N–H and O–H groups in total. The number of hydrogen-bond acceptors (Lipinski definition) is 4. The molecule has 2 amide bonds. The van der Waals surface area contributed by atoms with Gasteiger partial charge in [-0.3, -0.25) is 4.79 Å². The molecule has 2 aromatic rings. The first-order valence-corrected chi connectivity index (χ1v) is 12.7. The monoisotopic (exact) mass is 439 g/mol. The van der Waals surface area contributed by atoms with Gasteiger partial charge in [0.2, 0.25) is 5.91 Å². The van der Waals surface area contributed by atoms with Crippen molar-refractivity contribution in [2.24, 2.45) is 0 Å². The van der Waals surface area contributed by atoms with E-state index in [0.717, 1.165) is 10.4 Å². The third-order valence-electron chi connectivity index (χ3n) is 5.46. The van der Waals surface area contributed by atoms with Crippen LogP contribution in [-0.4, -0.2) is 43.5 Å². The molecule has 1 unspecified atom stereocenters. The first kappa shape index (κ1) is 23.2. The summed E-state index contributed by atoms with van der Waals surface area (Å²) in [6.07, 6.45) is -0.818. The van der Waals surface area contributed by atoms with Gasteiger partial charge in [-0.15, -0.1) is 5.04 Å². The Balaban J connectivity index is 1.99. The van der Waals surface area contributed by atoms with Gasteiger partial charge < -0.3 is 9.16 Å². The van der Waals surface area contributed by atoms with Gasteiger partial charge in [-0.25, -0.2) is 9.69 Å². The zero-order valence-corrected chi connectivity index (χ0v) is 20.3. The van der Waals surface area contributed by atoms with Crippen molar-refractivity contribution >= 4 is 30.7 Å². The van der Waals surface area contributed by atoms with Crippen LogP contribution in [0.15, 0.2) is 60.7 Å². The summed E-state index contributed by atoms with van der Waals surface area (Å²) in [6.45, 7) is 12.2. The highest BCUT2D eigenvalue weighted by Crippen LogP contribution is 2.38. The number of imide groups is 1. The van der Waals surface area contributed by atoms with Crippen LogP contribution in [0, 0.1) is 0 Å². The van der Waals surface area contributed by atoms with Crippen LogP contribution in [0.5, 0.6) is 0 Å². The zero-order valence-electron chi connectivity index (χ0n) is 19.3. The summed E-state index contributed by atoms with van der Waals surface area (Å²) in [6, 6.07) is 20.6. The third-order valence-corrected chi connectivity index (χ3v) is 10.6. The van der Waals surface area contributed by atoms with Gasteiger partial charge in [0.25, 0.3) is 0 Å². The van der Waals surface area contributed by atoms with Gasteiger partial charge in [0, 0.05) is 6.10 Å². The van der Waals surface area contributed by atoms with Crippen LogP contribution in [0.25, 0.3) is 0 Å². The van der Waals surface area contributed by atoms with Crippen LogP contribution in [0.2, 0.25) is 5.04 Å². The molecule has 31 heavy (non-hydrogen) atoms. The summed E-state index contributed by atoms with van der Waals surface area (Å²) >= 11 is 0. The number of carbonyl (C=O) groups is 2. The predicted molar refractivity (Wildman–Crippen MR) is 125 cm³/mol. The molecule has 1 fully saturated rings. The normalized spacial score (nSPS) is 17.7. The lowest BCUT2D eigenvalue weighted by Gasteiger charge is -2.56. The number of benzene rings is 2. The predicted octanol–water partition coefficient (Wildman–Crippen LogP) is 4.10. The highest BCUT2D eigenvalue weighted by Gasteiger charge is 2.43. The van der Waals surface area contributed by atoms with Crippen molar-refractivity contribution in [3.8, 4) is 0 Å². The Morgan fingerprint density at radius 1 is 0.903 bits per heavy atom.